The highest BCUT2D eigenvalue weighted by Gasteiger charge is 2.16. The molecule has 0 radical (unpaired) electrons. The number of para-hydroxylation sites is 1. The van der Waals surface area contributed by atoms with Crippen LogP contribution < -0.4 is 10.1 Å². The maximum Gasteiger partial charge on any atom is 0.122 e. The monoisotopic (exact) mass is 293 g/mol. The van der Waals surface area contributed by atoms with Gasteiger partial charge in [0, 0.05) is 19.3 Å². The molecule has 120 valence electrons. The van der Waals surface area contributed by atoms with E-state index in [4.69, 9.17) is 9.47 Å². The second-order valence-electron chi connectivity index (χ2n) is 6.65. The molecule has 1 aromatic rings. The van der Waals surface area contributed by atoms with E-state index in [1.807, 2.05) is 12.1 Å². The summed E-state index contributed by atoms with van der Waals surface area (Å²) in [5.74, 6) is 1.58. The molecule has 0 spiro atoms. The summed E-state index contributed by atoms with van der Waals surface area (Å²) in [6.07, 6.45) is 3.30. The van der Waals surface area contributed by atoms with E-state index in [2.05, 4.69) is 38.2 Å². The summed E-state index contributed by atoms with van der Waals surface area (Å²) >= 11 is 0. The van der Waals surface area contributed by atoms with Crippen LogP contribution in [0.5, 0.6) is 5.75 Å². The summed E-state index contributed by atoms with van der Waals surface area (Å²) < 4.78 is 10.7. The van der Waals surface area contributed by atoms with E-state index < -0.39 is 0 Å². The third-order valence-electron chi connectivity index (χ3n) is 3.58. The molecule has 3 heteroatoms. The van der Waals surface area contributed by atoms with Gasteiger partial charge in [0.15, 0.2) is 0 Å². The van der Waals surface area contributed by atoms with Crippen LogP contribution >= 0.6 is 0 Å². The van der Waals surface area contributed by atoms with Crippen molar-refractivity contribution in [2.24, 2.45) is 5.92 Å². The summed E-state index contributed by atoms with van der Waals surface area (Å²) in [5.41, 5.74) is 1.44. The van der Waals surface area contributed by atoms with E-state index in [0.29, 0.717) is 5.92 Å². The lowest BCUT2D eigenvalue weighted by Crippen LogP contribution is -2.39. The topological polar surface area (TPSA) is 30.5 Å². The Kier molecular flexibility index (Phi) is 7.76. The van der Waals surface area contributed by atoms with Gasteiger partial charge in [-0.05, 0) is 64.1 Å². The summed E-state index contributed by atoms with van der Waals surface area (Å²) in [5, 5.41) is 3.62. The number of rotatable bonds is 9. The van der Waals surface area contributed by atoms with E-state index in [1.165, 1.54) is 5.56 Å². The molecule has 0 aliphatic heterocycles. The Morgan fingerprint density at radius 1 is 1.14 bits per heavy atom. The molecular weight excluding hydrogens is 262 g/mol. The summed E-state index contributed by atoms with van der Waals surface area (Å²) in [7, 11) is 3.51. The fraction of sp³-hybridized carbons (Fsp3) is 0.667. The molecule has 1 N–H and O–H groups in total. The van der Waals surface area contributed by atoms with E-state index in [0.717, 1.165) is 38.2 Å². The fourth-order valence-corrected chi connectivity index (χ4v) is 2.43. The molecule has 0 fully saturated rings. The number of nitrogens with one attached hydrogen (secondary N) is 1. The van der Waals surface area contributed by atoms with Crippen LogP contribution in [0.3, 0.4) is 0 Å². The van der Waals surface area contributed by atoms with E-state index >= 15 is 0 Å². The molecule has 0 aromatic heterocycles. The molecule has 21 heavy (non-hydrogen) atoms. The molecule has 3 nitrogen and oxygen atoms in total. The first-order chi connectivity index (χ1) is 9.96. The van der Waals surface area contributed by atoms with Gasteiger partial charge < -0.3 is 14.8 Å². The molecule has 0 bridgehead atoms. The van der Waals surface area contributed by atoms with Crippen molar-refractivity contribution in [2.45, 2.75) is 45.6 Å². The summed E-state index contributed by atoms with van der Waals surface area (Å²) in [6.45, 7) is 8.48. The highest BCUT2D eigenvalue weighted by atomic mass is 16.5. The van der Waals surface area contributed by atoms with Gasteiger partial charge in [0.1, 0.15) is 5.75 Å². The van der Waals surface area contributed by atoms with Crippen LogP contribution in [-0.2, 0) is 11.2 Å². The standard InChI is InChI=1S/C18H31NO2/c1-18(2,3)19-14-15(9-8-12-20-4)13-16-10-6-7-11-17(16)21-5/h6-7,10-11,15,19H,8-9,12-14H2,1-5H3. The molecule has 1 atom stereocenters. The van der Waals surface area contributed by atoms with Crippen LogP contribution in [0.1, 0.15) is 39.2 Å². The first-order valence-corrected chi connectivity index (χ1v) is 7.82. The lowest BCUT2D eigenvalue weighted by molar-refractivity contribution is 0.185. The first kappa shape index (κ1) is 18.0. The van der Waals surface area contributed by atoms with Gasteiger partial charge in [0.05, 0.1) is 7.11 Å². The third kappa shape index (κ3) is 7.49. The quantitative estimate of drug-likeness (QED) is 0.705. The molecule has 0 saturated heterocycles. The lowest BCUT2D eigenvalue weighted by Gasteiger charge is -2.26. The summed E-state index contributed by atoms with van der Waals surface area (Å²) in [6, 6.07) is 8.31. The van der Waals surface area contributed by atoms with Crippen LogP contribution in [0.25, 0.3) is 0 Å². The highest BCUT2D eigenvalue weighted by molar-refractivity contribution is 5.33. The Morgan fingerprint density at radius 3 is 2.48 bits per heavy atom. The van der Waals surface area contributed by atoms with Crippen LogP contribution in [0.2, 0.25) is 0 Å². The normalized spacial score (nSPS) is 13.2. The van der Waals surface area contributed by atoms with E-state index in [9.17, 15) is 0 Å². The number of ether oxygens (including phenoxy) is 2. The largest absolute Gasteiger partial charge is 0.496 e. The van der Waals surface area contributed by atoms with Crippen LogP contribution in [0.4, 0.5) is 0 Å². The maximum absolute atomic E-state index is 5.47. The lowest BCUT2D eigenvalue weighted by atomic mass is 9.93. The van der Waals surface area contributed by atoms with Gasteiger partial charge in [-0.15, -0.1) is 0 Å². The van der Waals surface area contributed by atoms with Crippen molar-refractivity contribution in [3.63, 3.8) is 0 Å². The Bertz CT molecular complexity index is 398. The smallest absolute Gasteiger partial charge is 0.122 e. The Labute approximate surface area is 130 Å². The minimum atomic E-state index is 0.153. The Morgan fingerprint density at radius 2 is 1.86 bits per heavy atom. The van der Waals surface area contributed by atoms with Crippen molar-refractivity contribution >= 4 is 0 Å². The average molecular weight is 293 g/mol. The van der Waals surface area contributed by atoms with Crippen molar-refractivity contribution in [1.29, 1.82) is 0 Å². The predicted molar refractivity (Wildman–Crippen MR) is 89.1 cm³/mol. The highest BCUT2D eigenvalue weighted by Crippen LogP contribution is 2.23. The first-order valence-electron chi connectivity index (χ1n) is 7.82. The molecule has 1 rings (SSSR count). The third-order valence-corrected chi connectivity index (χ3v) is 3.58. The van der Waals surface area contributed by atoms with Crippen molar-refractivity contribution in [3.8, 4) is 5.75 Å². The number of hydrogen-bond acceptors (Lipinski definition) is 3. The van der Waals surface area contributed by atoms with Gasteiger partial charge in [-0.2, -0.15) is 0 Å². The zero-order chi connectivity index (χ0) is 15.7. The van der Waals surface area contributed by atoms with Crippen LogP contribution in [-0.4, -0.2) is 32.9 Å². The molecule has 0 aliphatic rings. The second-order valence-corrected chi connectivity index (χ2v) is 6.65. The van der Waals surface area contributed by atoms with Crippen LogP contribution in [0.15, 0.2) is 24.3 Å². The van der Waals surface area contributed by atoms with Crippen molar-refractivity contribution in [2.75, 3.05) is 27.4 Å². The average Bonchev–Trinajstić information content (AvgIpc) is 2.44. The van der Waals surface area contributed by atoms with E-state index in [-0.39, 0.29) is 5.54 Å². The number of methoxy groups -OCH3 is 2. The Balaban J connectivity index is 2.66. The van der Waals surface area contributed by atoms with Crippen molar-refractivity contribution < 1.29 is 9.47 Å². The van der Waals surface area contributed by atoms with Gasteiger partial charge in [0.25, 0.3) is 0 Å². The number of hydrogen-bond donors (Lipinski definition) is 1. The van der Waals surface area contributed by atoms with E-state index in [1.54, 1.807) is 14.2 Å². The second kappa shape index (κ2) is 9.06. The van der Waals surface area contributed by atoms with Gasteiger partial charge in [-0.1, -0.05) is 18.2 Å². The van der Waals surface area contributed by atoms with Crippen LogP contribution in [0, 0.1) is 5.92 Å². The fourth-order valence-electron chi connectivity index (χ4n) is 2.43. The molecule has 0 aliphatic carbocycles. The minimum absolute atomic E-state index is 0.153. The van der Waals surface area contributed by atoms with Gasteiger partial charge in [-0.3, -0.25) is 0 Å². The zero-order valence-electron chi connectivity index (χ0n) is 14.2. The molecule has 0 saturated carbocycles. The van der Waals surface area contributed by atoms with Gasteiger partial charge >= 0.3 is 0 Å². The SMILES string of the molecule is COCCCC(CNC(C)(C)C)Cc1ccccc1OC. The minimum Gasteiger partial charge on any atom is -0.496 e. The Hall–Kier alpha value is -1.06. The summed E-state index contributed by atoms with van der Waals surface area (Å²) in [4.78, 5) is 0. The van der Waals surface area contributed by atoms with Crippen molar-refractivity contribution in [3.05, 3.63) is 29.8 Å². The van der Waals surface area contributed by atoms with Crippen molar-refractivity contribution in [1.82, 2.24) is 5.32 Å². The van der Waals surface area contributed by atoms with Gasteiger partial charge in [0.2, 0.25) is 0 Å². The molecule has 0 heterocycles. The maximum atomic E-state index is 5.47. The molecule has 1 aromatic carbocycles. The zero-order valence-corrected chi connectivity index (χ0v) is 14.2. The molecule has 0 amide bonds. The van der Waals surface area contributed by atoms with Gasteiger partial charge in [-0.25, -0.2) is 0 Å². The molecule has 1 unspecified atom stereocenters. The number of benzene rings is 1. The molecular formula is C18H31NO2. The predicted octanol–water partition coefficient (Wildman–Crippen LogP) is 3.67.